The highest BCUT2D eigenvalue weighted by molar-refractivity contribution is 7.91. The van der Waals surface area contributed by atoms with Crippen molar-refractivity contribution in [3.05, 3.63) is 18.2 Å². The number of hydrogen-bond acceptors (Lipinski definition) is 5. The molecule has 0 bridgehead atoms. The van der Waals surface area contributed by atoms with Gasteiger partial charge in [0.15, 0.2) is 9.84 Å². The molecule has 1 unspecified atom stereocenters. The number of benzene rings is 1. The summed E-state index contributed by atoms with van der Waals surface area (Å²) < 4.78 is 33.7. The molecule has 0 aliphatic carbocycles. The average molecular weight is 285 g/mol. The molecule has 1 aromatic carbocycles. The first kappa shape index (κ1) is 14.0. The van der Waals surface area contributed by atoms with Gasteiger partial charge < -0.3 is 14.8 Å². The average Bonchev–Trinajstić information content (AvgIpc) is 2.38. The summed E-state index contributed by atoms with van der Waals surface area (Å²) in [6, 6.07) is 5.39. The molecule has 0 amide bonds. The Kier molecular flexibility index (Phi) is 4.19. The fourth-order valence-corrected chi connectivity index (χ4v) is 3.91. The molecule has 1 atom stereocenters. The maximum absolute atomic E-state index is 11.6. The minimum absolute atomic E-state index is 0.0546. The second kappa shape index (κ2) is 5.69. The summed E-state index contributed by atoms with van der Waals surface area (Å²) in [5.74, 6) is 1.84. The molecule has 0 radical (unpaired) electrons. The number of ether oxygens (including phenoxy) is 2. The van der Waals surface area contributed by atoms with Gasteiger partial charge in [-0.25, -0.2) is 8.42 Å². The third kappa shape index (κ3) is 3.53. The van der Waals surface area contributed by atoms with Crippen LogP contribution in [0.15, 0.2) is 18.2 Å². The van der Waals surface area contributed by atoms with Gasteiger partial charge in [0.2, 0.25) is 0 Å². The molecule has 5 nitrogen and oxygen atoms in total. The summed E-state index contributed by atoms with van der Waals surface area (Å²) in [4.78, 5) is 0. The summed E-state index contributed by atoms with van der Waals surface area (Å²) >= 11 is 0. The van der Waals surface area contributed by atoms with E-state index in [9.17, 15) is 8.42 Å². The number of rotatable bonds is 4. The normalized spacial score (nSPS) is 21.7. The van der Waals surface area contributed by atoms with Crippen molar-refractivity contribution in [2.75, 3.05) is 31.0 Å². The molecule has 1 aliphatic heterocycles. The predicted octanol–water partition coefficient (Wildman–Crippen LogP) is 1.69. The first-order chi connectivity index (χ1) is 9.04. The Labute approximate surface area is 113 Å². The zero-order valence-corrected chi connectivity index (χ0v) is 12.0. The van der Waals surface area contributed by atoms with Crippen LogP contribution < -0.4 is 14.8 Å². The Hall–Kier alpha value is -1.43. The molecule has 2 rings (SSSR count). The first-order valence-corrected chi connectivity index (χ1v) is 8.05. The van der Waals surface area contributed by atoms with Crippen molar-refractivity contribution in [1.82, 2.24) is 0 Å². The van der Waals surface area contributed by atoms with Crippen LogP contribution in [0.3, 0.4) is 0 Å². The molecule has 1 saturated heterocycles. The Balaban J connectivity index is 2.14. The topological polar surface area (TPSA) is 64.6 Å². The molecule has 6 heteroatoms. The summed E-state index contributed by atoms with van der Waals surface area (Å²) in [6.07, 6.45) is 1.56. The van der Waals surface area contributed by atoms with Crippen LogP contribution in [0.1, 0.15) is 12.8 Å². The van der Waals surface area contributed by atoms with Gasteiger partial charge >= 0.3 is 0 Å². The van der Waals surface area contributed by atoms with E-state index in [-0.39, 0.29) is 11.8 Å². The minimum atomic E-state index is -2.91. The van der Waals surface area contributed by atoms with Gasteiger partial charge in [-0.1, -0.05) is 0 Å². The van der Waals surface area contributed by atoms with Crippen LogP contribution >= 0.6 is 0 Å². The molecule has 1 fully saturated rings. The van der Waals surface area contributed by atoms with Gasteiger partial charge in [-0.05, 0) is 25.0 Å². The Morgan fingerprint density at radius 1 is 1.26 bits per heavy atom. The van der Waals surface area contributed by atoms with E-state index >= 15 is 0 Å². The fourth-order valence-electron chi connectivity index (χ4n) is 2.27. The Morgan fingerprint density at radius 3 is 2.68 bits per heavy atom. The Bertz CT molecular complexity index is 542. The lowest BCUT2D eigenvalue weighted by atomic mass is 10.1. The van der Waals surface area contributed by atoms with Crippen LogP contribution in [0.2, 0.25) is 0 Å². The van der Waals surface area contributed by atoms with Crippen molar-refractivity contribution in [3.8, 4) is 11.5 Å². The maximum atomic E-state index is 11.6. The van der Waals surface area contributed by atoms with Gasteiger partial charge in [0.05, 0.1) is 31.4 Å². The number of nitrogens with one attached hydrogen (secondary N) is 1. The third-order valence-corrected chi connectivity index (χ3v) is 5.05. The van der Waals surface area contributed by atoms with Crippen molar-refractivity contribution in [2.24, 2.45) is 0 Å². The molecule has 1 aromatic rings. The molecule has 1 aliphatic rings. The molecular formula is C13H19NO4S. The maximum Gasteiger partial charge on any atom is 0.152 e. The molecule has 0 spiro atoms. The molecule has 19 heavy (non-hydrogen) atoms. The highest BCUT2D eigenvalue weighted by atomic mass is 32.2. The highest BCUT2D eigenvalue weighted by Gasteiger charge is 2.25. The van der Waals surface area contributed by atoms with Gasteiger partial charge in [0.1, 0.15) is 11.5 Å². The van der Waals surface area contributed by atoms with Gasteiger partial charge in [-0.15, -0.1) is 0 Å². The quantitative estimate of drug-likeness (QED) is 0.912. The lowest BCUT2D eigenvalue weighted by Crippen LogP contribution is -2.34. The van der Waals surface area contributed by atoms with E-state index in [1.54, 1.807) is 20.3 Å². The summed E-state index contributed by atoms with van der Waals surface area (Å²) in [6.45, 7) is 0. The number of sulfone groups is 1. The standard InChI is InChI=1S/C13H19NO4S/c1-17-11-5-6-12(13(8-11)18-2)14-10-4-3-7-19(15,16)9-10/h5-6,8,10,14H,3-4,7,9H2,1-2H3. The largest absolute Gasteiger partial charge is 0.497 e. The molecule has 1 heterocycles. The smallest absolute Gasteiger partial charge is 0.152 e. The van der Waals surface area contributed by atoms with E-state index in [2.05, 4.69) is 5.32 Å². The van der Waals surface area contributed by atoms with E-state index in [1.807, 2.05) is 12.1 Å². The third-order valence-electron chi connectivity index (χ3n) is 3.23. The zero-order valence-electron chi connectivity index (χ0n) is 11.2. The van der Waals surface area contributed by atoms with Crippen LogP contribution in [0.4, 0.5) is 5.69 Å². The fraction of sp³-hybridized carbons (Fsp3) is 0.538. The van der Waals surface area contributed by atoms with Gasteiger partial charge in [-0.3, -0.25) is 0 Å². The highest BCUT2D eigenvalue weighted by Crippen LogP contribution is 2.30. The molecular weight excluding hydrogens is 266 g/mol. The van der Waals surface area contributed by atoms with E-state index in [4.69, 9.17) is 9.47 Å². The van der Waals surface area contributed by atoms with E-state index in [0.29, 0.717) is 23.7 Å². The second-order valence-corrected chi connectivity index (χ2v) is 6.89. The number of hydrogen-bond donors (Lipinski definition) is 1. The van der Waals surface area contributed by atoms with Crippen LogP contribution in [0.5, 0.6) is 11.5 Å². The van der Waals surface area contributed by atoms with Crippen molar-refractivity contribution in [1.29, 1.82) is 0 Å². The van der Waals surface area contributed by atoms with Crippen LogP contribution in [0.25, 0.3) is 0 Å². The van der Waals surface area contributed by atoms with E-state index in [1.165, 1.54) is 0 Å². The molecule has 106 valence electrons. The SMILES string of the molecule is COc1ccc(NC2CCCS(=O)(=O)C2)c(OC)c1. The molecule has 0 saturated carbocycles. The number of anilines is 1. The van der Waals surface area contributed by atoms with Gasteiger partial charge in [0, 0.05) is 12.1 Å². The summed E-state index contributed by atoms with van der Waals surface area (Å²) in [5, 5.41) is 3.25. The van der Waals surface area contributed by atoms with Crippen molar-refractivity contribution in [2.45, 2.75) is 18.9 Å². The monoisotopic (exact) mass is 285 g/mol. The molecule has 1 N–H and O–H groups in total. The van der Waals surface area contributed by atoms with Crippen molar-refractivity contribution >= 4 is 15.5 Å². The van der Waals surface area contributed by atoms with Crippen LogP contribution in [0, 0.1) is 0 Å². The minimum Gasteiger partial charge on any atom is -0.497 e. The predicted molar refractivity (Wildman–Crippen MR) is 74.8 cm³/mol. The lowest BCUT2D eigenvalue weighted by molar-refractivity contribution is 0.395. The zero-order chi connectivity index (χ0) is 13.9. The van der Waals surface area contributed by atoms with Gasteiger partial charge in [0.25, 0.3) is 0 Å². The second-order valence-electron chi connectivity index (χ2n) is 4.66. The first-order valence-electron chi connectivity index (χ1n) is 6.23. The molecule has 0 aromatic heterocycles. The summed E-state index contributed by atoms with van der Waals surface area (Å²) in [7, 11) is 0.261. The van der Waals surface area contributed by atoms with Gasteiger partial charge in [-0.2, -0.15) is 0 Å². The number of methoxy groups -OCH3 is 2. The Morgan fingerprint density at radius 2 is 2.05 bits per heavy atom. The van der Waals surface area contributed by atoms with Crippen molar-refractivity contribution in [3.63, 3.8) is 0 Å². The van der Waals surface area contributed by atoms with E-state index in [0.717, 1.165) is 12.1 Å². The van der Waals surface area contributed by atoms with Crippen molar-refractivity contribution < 1.29 is 17.9 Å². The van der Waals surface area contributed by atoms with Crippen LogP contribution in [-0.2, 0) is 9.84 Å². The summed E-state index contributed by atoms with van der Waals surface area (Å²) in [5.41, 5.74) is 0.797. The van der Waals surface area contributed by atoms with Crippen LogP contribution in [-0.4, -0.2) is 40.2 Å². The van der Waals surface area contributed by atoms with E-state index < -0.39 is 9.84 Å². The lowest BCUT2D eigenvalue weighted by Gasteiger charge is -2.25.